The Morgan fingerprint density at radius 3 is 1.74 bits per heavy atom. The van der Waals surface area contributed by atoms with Crippen molar-refractivity contribution in [2.45, 2.75) is 61.4 Å². The van der Waals surface area contributed by atoms with Crippen LogP contribution >= 0.6 is 0 Å². The van der Waals surface area contributed by atoms with Crippen molar-refractivity contribution in [1.29, 1.82) is 0 Å². The van der Waals surface area contributed by atoms with E-state index in [0.29, 0.717) is 0 Å². The molecule has 0 aliphatic carbocycles. The minimum absolute atomic E-state index is 0.651. The number of aliphatic hydroxyl groups excluding tert-OH is 8. The van der Waals surface area contributed by atoms with Gasteiger partial charge in [-0.25, -0.2) is 0 Å². The molecule has 0 spiro atoms. The van der Waals surface area contributed by atoms with Crippen molar-refractivity contribution in [2.24, 2.45) is 0 Å². The third-order valence-electron chi connectivity index (χ3n) is 3.98. The highest BCUT2D eigenvalue weighted by atomic mass is 16.7. The predicted octanol–water partition coefficient (Wildman–Crippen LogP) is -5.40. The number of hydrogen-bond acceptors (Lipinski definition) is 11. The van der Waals surface area contributed by atoms with Gasteiger partial charge in [0.15, 0.2) is 12.6 Å². The third-order valence-corrected chi connectivity index (χ3v) is 3.98. The Bertz CT molecular complexity index is 380. The van der Waals surface area contributed by atoms with Gasteiger partial charge in [0, 0.05) is 0 Å². The van der Waals surface area contributed by atoms with Gasteiger partial charge >= 0.3 is 0 Å². The number of rotatable bonds is 4. The molecule has 0 unspecified atom stereocenters. The van der Waals surface area contributed by atoms with Crippen LogP contribution in [-0.2, 0) is 14.2 Å². The lowest BCUT2D eigenvalue weighted by Gasteiger charge is -2.44. The van der Waals surface area contributed by atoms with Crippen LogP contribution in [0, 0.1) is 0 Å². The SMILES string of the molecule is OC[C@H]1O[C@H](O)[C@H](O[C@@H]2O[C@H](CO)[C@@H](O)[C@H](O)[C@H]2O)[C@@H](O)[C@H]1O. The molecular weight excluding hydrogens is 320 g/mol. The van der Waals surface area contributed by atoms with Crippen molar-refractivity contribution in [3.63, 3.8) is 0 Å². The molecule has 11 nitrogen and oxygen atoms in total. The van der Waals surface area contributed by atoms with Crippen LogP contribution in [0.2, 0.25) is 0 Å². The van der Waals surface area contributed by atoms with Gasteiger partial charge in [0.2, 0.25) is 0 Å². The van der Waals surface area contributed by atoms with Gasteiger partial charge in [-0.1, -0.05) is 0 Å². The summed E-state index contributed by atoms with van der Waals surface area (Å²) in [6.07, 6.45) is -15.6. The molecule has 2 heterocycles. The van der Waals surface area contributed by atoms with E-state index in [1.165, 1.54) is 0 Å². The highest BCUT2D eigenvalue weighted by molar-refractivity contribution is 4.93. The van der Waals surface area contributed by atoms with Crippen molar-refractivity contribution in [3.05, 3.63) is 0 Å². The van der Waals surface area contributed by atoms with Gasteiger partial charge in [-0.3, -0.25) is 0 Å². The van der Waals surface area contributed by atoms with E-state index < -0.39 is 74.6 Å². The third kappa shape index (κ3) is 3.65. The molecular formula is C12H22O11. The van der Waals surface area contributed by atoms with Gasteiger partial charge < -0.3 is 55.1 Å². The molecule has 0 aromatic rings. The number of aliphatic hydroxyl groups is 8. The van der Waals surface area contributed by atoms with E-state index in [4.69, 9.17) is 24.4 Å². The van der Waals surface area contributed by atoms with E-state index in [-0.39, 0.29) is 0 Å². The molecule has 2 aliphatic rings. The van der Waals surface area contributed by atoms with Gasteiger partial charge in [-0.05, 0) is 0 Å². The Hall–Kier alpha value is -0.440. The molecule has 0 amide bonds. The average molecular weight is 342 g/mol. The van der Waals surface area contributed by atoms with Crippen LogP contribution in [0.15, 0.2) is 0 Å². The fourth-order valence-electron chi connectivity index (χ4n) is 2.55. The first-order valence-electron chi connectivity index (χ1n) is 7.08. The molecule has 2 fully saturated rings. The number of hydrogen-bond donors (Lipinski definition) is 8. The van der Waals surface area contributed by atoms with Crippen LogP contribution in [0.3, 0.4) is 0 Å². The summed E-state index contributed by atoms with van der Waals surface area (Å²) >= 11 is 0. The Morgan fingerprint density at radius 1 is 0.652 bits per heavy atom. The molecule has 10 atom stereocenters. The van der Waals surface area contributed by atoms with E-state index >= 15 is 0 Å². The molecule has 0 radical (unpaired) electrons. The van der Waals surface area contributed by atoms with Crippen molar-refractivity contribution in [1.82, 2.24) is 0 Å². The van der Waals surface area contributed by atoms with Crippen LogP contribution in [0.5, 0.6) is 0 Å². The van der Waals surface area contributed by atoms with E-state index in [2.05, 4.69) is 0 Å². The van der Waals surface area contributed by atoms with E-state index in [1.54, 1.807) is 0 Å². The summed E-state index contributed by atoms with van der Waals surface area (Å²) in [6, 6.07) is 0. The van der Waals surface area contributed by atoms with Crippen molar-refractivity contribution in [2.75, 3.05) is 13.2 Å². The second-order valence-corrected chi connectivity index (χ2v) is 5.53. The van der Waals surface area contributed by atoms with E-state index in [1.807, 2.05) is 0 Å². The standard InChI is InChI=1S/C12H22O11/c13-1-3-6(16)8(18)10(11(20)21-3)23-12-9(19)7(17)5(15)4(2-14)22-12/h3-20H,1-2H2/t3-,4-,5-,6+,7+,8+,9-,10-,11+,12+/m1/s1. The maximum atomic E-state index is 9.94. The highest BCUT2D eigenvalue weighted by Gasteiger charge is 2.50. The molecule has 2 rings (SSSR count). The van der Waals surface area contributed by atoms with Gasteiger partial charge in [-0.15, -0.1) is 0 Å². The summed E-state index contributed by atoms with van der Waals surface area (Å²) < 4.78 is 15.1. The quantitative estimate of drug-likeness (QED) is 0.243. The largest absolute Gasteiger partial charge is 0.394 e. The lowest BCUT2D eigenvalue weighted by molar-refractivity contribution is -0.361. The second-order valence-electron chi connectivity index (χ2n) is 5.53. The van der Waals surface area contributed by atoms with Crippen molar-refractivity contribution in [3.8, 4) is 0 Å². The maximum Gasteiger partial charge on any atom is 0.187 e. The summed E-state index contributed by atoms with van der Waals surface area (Å²) in [5.41, 5.74) is 0. The molecule has 0 saturated carbocycles. The summed E-state index contributed by atoms with van der Waals surface area (Å²) in [5.74, 6) is 0. The summed E-state index contributed by atoms with van der Waals surface area (Å²) in [6.45, 7) is -1.33. The molecule has 23 heavy (non-hydrogen) atoms. The first kappa shape index (κ1) is 18.9. The van der Waals surface area contributed by atoms with Crippen LogP contribution in [-0.4, -0.2) is 115 Å². The fourth-order valence-corrected chi connectivity index (χ4v) is 2.55. The molecule has 0 bridgehead atoms. The summed E-state index contributed by atoms with van der Waals surface area (Å²) in [5, 5.41) is 76.7. The van der Waals surface area contributed by atoms with Gasteiger partial charge in [0.1, 0.15) is 48.8 Å². The Kier molecular flexibility index (Phi) is 6.27. The second kappa shape index (κ2) is 7.63. The zero-order valence-corrected chi connectivity index (χ0v) is 12.0. The van der Waals surface area contributed by atoms with Crippen LogP contribution in [0.25, 0.3) is 0 Å². The molecule has 0 aromatic carbocycles. The van der Waals surface area contributed by atoms with E-state index in [9.17, 15) is 30.6 Å². The zero-order chi connectivity index (χ0) is 17.3. The topological polar surface area (TPSA) is 190 Å². The lowest BCUT2D eigenvalue weighted by atomic mass is 9.97. The van der Waals surface area contributed by atoms with Crippen molar-refractivity contribution >= 4 is 0 Å². The molecule has 2 saturated heterocycles. The highest BCUT2D eigenvalue weighted by Crippen LogP contribution is 2.28. The first-order chi connectivity index (χ1) is 10.8. The fraction of sp³-hybridized carbons (Fsp3) is 1.00. The summed E-state index contributed by atoms with van der Waals surface area (Å²) in [4.78, 5) is 0. The molecule has 0 aromatic heterocycles. The Labute approximate surface area is 130 Å². The van der Waals surface area contributed by atoms with Gasteiger partial charge in [-0.2, -0.15) is 0 Å². The van der Waals surface area contributed by atoms with Crippen molar-refractivity contribution < 1.29 is 55.1 Å². The summed E-state index contributed by atoms with van der Waals surface area (Å²) in [7, 11) is 0. The van der Waals surface area contributed by atoms with Crippen LogP contribution < -0.4 is 0 Å². The normalized spacial score (nSPS) is 51.7. The zero-order valence-electron chi connectivity index (χ0n) is 12.0. The monoisotopic (exact) mass is 342 g/mol. The number of ether oxygens (including phenoxy) is 3. The molecule has 136 valence electrons. The van der Waals surface area contributed by atoms with Crippen LogP contribution in [0.1, 0.15) is 0 Å². The maximum absolute atomic E-state index is 9.94. The molecule has 8 N–H and O–H groups in total. The lowest BCUT2D eigenvalue weighted by Crippen LogP contribution is -2.64. The Balaban J connectivity index is 2.08. The minimum Gasteiger partial charge on any atom is -0.394 e. The average Bonchev–Trinajstić information content (AvgIpc) is 2.54. The van der Waals surface area contributed by atoms with E-state index in [0.717, 1.165) is 0 Å². The molecule has 2 aliphatic heterocycles. The smallest absolute Gasteiger partial charge is 0.187 e. The first-order valence-corrected chi connectivity index (χ1v) is 7.08. The predicted molar refractivity (Wildman–Crippen MR) is 68.6 cm³/mol. The van der Waals surface area contributed by atoms with Gasteiger partial charge in [0.25, 0.3) is 0 Å². The minimum atomic E-state index is -1.75. The Morgan fingerprint density at radius 2 is 1.17 bits per heavy atom. The van der Waals surface area contributed by atoms with Crippen LogP contribution in [0.4, 0.5) is 0 Å². The van der Waals surface area contributed by atoms with Gasteiger partial charge in [0.05, 0.1) is 13.2 Å². The molecule has 11 heteroatoms.